The molecule has 3 atom stereocenters. The van der Waals surface area contributed by atoms with Crippen molar-refractivity contribution in [2.75, 3.05) is 13.2 Å². The van der Waals surface area contributed by atoms with Gasteiger partial charge in [-0.1, -0.05) is 30.3 Å². The molecule has 0 aromatic heterocycles. The van der Waals surface area contributed by atoms with Gasteiger partial charge in [-0.15, -0.1) is 0 Å². The van der Waals surface area contributed by atoms with Crippen LogP contribution in [0.4, 0.5) is 0 Å². The van der Waals surface area contributed by atoms with E-state index in [-0.39, 0.29) is 6.61 Å². The van der Waals surface area contributed by atoms with Gasteiger partial charge in [-0.05, 0) is 18.9 Å². The second-order valence-electron chi connectivity index (χ2n) is 4.96. The van der Waals surface area contributed by atoms with Gasteiger partial charge in [0.15, 0.2) is 0 Å². The van der Waals surface area contributed by atoms with Gasteiger partial charge in [0, 0.05) is 0 Å². The SMILES string of the molecule is CC(COC(=O)[C@@H](N)Cc1ccccc1)OC(=O)[C@@H](N)CO. The Kier molecular flexibility index (Phi) is 7.51. The molecule has 1 aromatic rings. The van der Waals surface area contributed by atoms with Crippen molar-refractivity contribution in [3.05, 3.63) is 35.9 Å². The lowest BCUT2D eigenvalue weighted by molar-refractivity contribution is -0.160. The minimum atomic E-state index is -1.10. The summed E-state index contributed by atoms with van der Waals surface area (Å²) >= 11 is 0. The van der Waals surface area contributed by atoms with E-state index in [1.54, 1.807) is 6.92 Å². The summed E-state index contributed by atoms with van der Waals surface area (Å²) in [6, 6.07) is 7.45. The topological polar surface area (TPSA) is 125 Å². The highest BCUT2D eigenvalue weighted by Gasteiger charge is 2.20. The van der Waals surface area contributed by atoms with Crippen molar-refractivity contribution in [2.45, 2.75) is 31.5 Å². The summed E-state index contributed by atoms with van der Waals surface area (Å²) in [5, 5.41) is 8.72. The zero-order chi connectivity index (χ0) is 16.5. The van der Waals surface area contributed by atoms with Crippen LogP contribution in [0.25, 0.3) is 0 Å². The standard InChI is InChI=1S/C15H22N2O5/c1-10(22-15(20)13(17)8-18)9-21-14(19)12(16)7-11-5-3-2-4-6-11/h2-6,10,12-13,18H,7-9,16-17H2,1H3/t10?,12-,13-/m0/s1. The Balaban J connectivity index is 2.34. The molecule has 0 amide bonds. The van der Waals surface area contributed by atoms with E-state index in [1.807, 2.05) is 30.3 Å². The van der Waals surface area contributed by atoms with Crippen molar-refractivity contribution in [1.82, 2.24) is 0 Å². The molecule has 1 rings (SSSR count). The summed E-state index contributed by atoms with van der Waals surface area (Å²) in [5.74, 6) is -1.32. The molecule has 0 heterocycles. The molecule has 122 valence electrons. The maximum Gasteiger partial charge on any atom is 0.325 e. The summed E-state index contributed by atoms with van der Waals surface area (Å²) < 4.78 is 9.92. The smallest absolute Gasteiger partial charge is 0.325 e. The number of hydrogen-bond donors (Lipinski definition) is 3. The van der Waals surface area contributed by atoms with Crippen LogP contribution in [0.15, 0.2) is 30.3 Å². The van der Waals surface area contributed by atoms with E-state index >= 15 is 0 Å². The number of hydrogen-bond acceptors (Lipinski definition) is 7. The largest absolute Gasteiger partial charge is 0.461 e. The third-order valence-corrected chi connectivity index (χ3v) is 2.88. The van der Waals surface area contributed by atoms with E-state index in [0.717, 1.165) is 5.56 Å². The molecular formula is C15H22N2O5. The van der Waals surface area contributed by atoms with Gasteiger partial charge in [-0.3, -0.25) is 9.59 Å². The predicted molar refractivity (Wildman–Crippen MR) is 79.7 cm³/mol. The molecule has 1 unspecified atom stereocenters. The van der Waals surface area contributed by atoms with Crippen LogP contribution in [0.2, 0.25) is 0 Å². The number of aliphatic hydroxyl groups excluding tert-OH is 1. The van der Waals surface area contributed by atoms with E-state index in [9.17, 15) is 9.59 Å². The van der Waals surface area contributed by atoms with Crippen LogP contribution in [-0.2, 0) is 25.5 Å². The fourth-order valence-corrected chi connectivity index (χ4v) is 1.65. The minimum Gasteiger partial charge on any atom is -0.461 e. The van der Waals surface area contributed by atoms with Gasteiger partial charge in [-0.2, -0.15) is 0 Å². The van der Waals surface area contributed by atoms with Gasteiger partial charge in [0.05, 0.1) is 6.61 Å². The molecule has 0 spiro atoms. The average molecular weight is 310 g/mol. The van der Waals surface area contributed by atoms with E-state index in [0.29, 0.717) is 6.42 Å². The van der Waals surface area contributed by atoms with Gasteiger partial charge >= 0.3 is 11.9 Å². The first-order chi connectivity index (χ1) is 10.4. The van der Waals surface area contributed by atoms with Gasteiger partial charge in [-0.25, -0.2) is 0 Å². The van der Waals surface area contributed by atoms with Crippen LogP contribution in [0.1, 0.15) is 12.5 Å². The van der Waals surface area contributed by atoms with Crippen molar-refractivity contribution < 1.29 is 24.2 Å². The predicted octanol–water partition coefficient (Wildman–Crippen LogP) is -0.649. The van der Waals surface area contributed by atoms with E-state index < -0.39 is 36.7 Å². The Morgan fingerprint density at radius 3 is 2.36 bits per heavy atom. The van der Waals surface area contributed by atoms with Crippen molar-refractivity contribution >= 4 is 11.9 Å². The van der Waals surface area contributed by atoms with Gasteiger partial charge in [0.25, 0.3) is 0 Å². The Hall–Kier alpha value is -1.96. The number of benzene rings is 1. The zero-order valence-corrected chi connectivity index (χ0v) is 12.5. The molecule has 5 N–H and O–H groups in total. The normalized spacial score (nSPS) is 14.7. The van der Waals surface area contributed by atoms with E-state index in [4.69, 9.17) is 26.0 Å². The third-order valence-electron chi connectivity index (χ3n) is 2.88. The number of carbonyl (C=O) groups excluding carboxylic acids is 2. The monoisotopic (exact) mass is 310 g/mol. The lowest BCUT2D eigenvalue weighted by atomic mass is 10.1. The zero-order valence-electron chi connectivity index (χ0n) is 12.5. The second kappa shape index (κ2) is 9.14. The molecule has 0 aliphatic carbocycles. The molecule has 7 nitrogen and oxygen atoms in total. The van der Waals surface area contributed by atoms with E-state index in [2.05, 4.69) is 0 Å². The molecule has 7 heteroatoms. The summed E-state index contributed by atoms with van der Waals surface area (Å²) in [5.41, 5.74) is 12.0. The highest BCUT2D eigenvalue weighted by molar-refractivity contribution is 5.76. The van der Waals surface area contributed by atoms with Crippen LogP contribution >= 0.6 is 0 Å². The number of rotatable bonds is 8. The average Bonchev–Trinajstić information content (AvgIpc) is 2.52. The summed E-state index contributed by atoms with van der Waals surface area (Å²) in [6.45, 7) is 0.927. The summed E-state index contributed by atoms with van der Waals surface area (Å²) in [4.78, 5) is 23.1. The maximum absolute atomic E-state index is 11.8. The van der Waals surface area contributed by atoms with Crippen LogP contribution in [0.5, 0.6) is 0 Å². The fraction of sp³-hybridized carbons (Fsp3) is 0.467. The number of carbonyl (C=O) groups is 2. The first-order valence-electron chi connectivity index (χ1n) is 6.97. The Morgan fingerprint density at radius 1 is 1.14 bits per heavy atom. The first-order valence-corrected chi connectivity index (χ1v) is 6.97. The van der Waals surface area contributed by atoms with Crippen molar-refractivity contribution in [1.29, 1.82) is 0 Å². The quantitative estimate of drug-likeness (QED) is 0.545. The highest BCUT2D eigenvalue weighted by Crippen LogP contribution is 2.04. The molecule has 0 saturated heterocycles. The summed E-state index contributed by atoms with van der Waals surface area (Å²) in [7, 11) is 0. The number of ether oxygens (including phenoxy) is 2. The first kappa shape index (κ1) is 18.1. The second-order valence-corrected chi connectivity index (χ2v) is 4.96. The van der Waals surface area contributed by atoms with Crippen LogP contribution in [0, 0.1) is 0 Å². The molecule has 0 radical (unpaired) electrons. The molecule has 0 saturated carbocycles. The molecule has 22 heavy (non-hydrogen) atoms. The van der Waals surface area contributed by atoms with Crippen molar-refractivity contribution in [2.24, 2.45) is 11.5 Å². The van der Waals surface area contributed by atoms with Gasteiger partial charge in [0.1, 0.15) is 24.8 Å². The molecule has 0 aliphatic rings. The van der Waals surface area contributed by atoms with Crippen LogP contribution in [-0.4, -0.2) is 48.4 Å². The molecule has 0 aliphatic heterocycles. The number of esters is 2. The van der Waals surface area contributed by atoms with Gasteiger partial charge < -0.3 is 26.0 Å². The Morgan fingerprint density at radius 2 is 1.77 bits per heavy atom. The third kappa shape index (κ3) is 6.21. The highest BCUT2D eigenvalue weighted by atomic mass is 16.6. The Bertz CT molecular complexity index is 480. The number of nitrogens with two attached hydrogens (primary N) is 2. The minimum absolute atomic E-state index is 0.120. The molecule has 0 bridgehead atoms. The Labute approximate surface area is 129 Å². The summed E-state index contributed by atoms with van der Waals surface area (Å²) in [6.07, 6.45) is -0.304. The van der Waals surface area contributed by atoms with Crippen molar-refractivity contribution in [3.63, 3.8) is 0 Å². The molecule has 1 aromatic carbocycles. The van der Waals surface area contributed by atoms with Crippen LogP contribution in [0.3, 0.4) is 0 Å². The van der Waals surface area contributed by atoms with E-state index in [1.165, 1.54) is 0 Å². The lowest BCUT2D eigenvalue weighted by Crippen LogP contribution is -2.39. The van der Waals surface area contributed by atoms with Gasteiger partial charge in [0.2, 0.25) is 0 Å². The molecular weight excluding hydrogens is 288 g/mol. The fourth-order valence-electron chi connectivity index (χ4n) is 1.65. The number of aliphatic hydroxyl groups is 1. The van der Waals surface area contributed by atoms with Crippen molar-refractivity contribution in [3.8, 4) is 0 Å². The maximum atomic E-state index is 11.8. The van der Waals surface area contributed by atoms with Crippen LogP contribution < -0.4 is 11.5 Å². The molecule has 0 fully saturated rings. The lowest BCUT2D eigenvalue weighted by Gasteiger charge is -2.17.